The zero-order chi connectivity index (χ0) is 18.0. The highest BCUT2D eigenvalue weighted by Gasteiger charge is 2.33. The van der Waals surface area contributed by atoms with Crippen molar-refractivity contribution in [2.45, 2.75) is 46.2 Å². The van der Waals surface area contributed by atoms with Gasteiger partial charge in [0.15, 0.2) is 0 Å². The van der Waals surface area contributed by atoms with Crippen molar-refractivity contribution in [3.8, 4) is 0 Å². The molecule has 132 valence electrons. The van der Waals surface area contributed by atoms with E-state index in [1.165, 1.54) is 18.3 Å². The summed E-state index contributed by atoms with van der Waals surface area (Å²) in [5.41, 5.74) is 2.82. The van der Waals surface area contributed by atoms with Gasteiger partial charge in [-0.15, -0.1) is 11.3 Å². The van der Waals surface area contributed by atoms with Crippen LogP contribution in [-0.2, 0) is 11.3 Å². The summed E-state index contributed by atoms with van der Waals surface area (Å²) in [7, 11) is 0. The fourth-order valence-electron chi connectivity index (χ4n) is 3.14. The Bertz CT molecular complexity index is 802. The molecule has 0 radical (unpaired) electrons. The van der Waals surface area contributed by atoms with Crippen molar-refractivity contribution in [3.05, 3.63) is 45.2 Å². The molecule has 1 aliphatic rings. The molecule has 1 aliphatic heterocycles. The molecular weight excluding hydrogens is 336 g/mol. The van der Waals surface area contributed by atoms with Gasteiger partial charge in [0.25, 0.3) is 5.91 Å². The van der Waals surface area contributed by atoms with Gasteiger partial charge in [0.2, 0.25) is 5.91 Å². The summed E-state index contributed by atoms with van der Waals surface area (Å²) >= 11 is 1.48. The second kappa shape index (κ2) is 7.31. The maximum absolute atomic E-state index is 12.9. The lowest BCUT2D eigenvalue weighted by molar-refractivity contribution is -0.119. The molecule has 0 spiro atoms. The van der Waals surface area contributed by atoms with Crippen LogP contribution in [0.25, 0.3) is 0 Å². The predicted molar refractivity (Wildman–Crippen MR) is 96.4 cm³/mol. The molecule has 25 heavy (non-hydrogen) atoms. The highest BCUT2D eigenvalue weighted by atomic mass is 32.1. The topological polar surface area (TPSA) is 75.2 Å². The van der Waals surface area contributed by atoms with E-state index in [1.54, 1.807) is 6.20 Å². The molecule has 3 heterocycles. The van der Waals surface area contributed by atoms with Crippen LogP contribution in [0.15, 0.2) is 17.6 Å². The van der Waals surface area contributed by atoms with Crippen molar-refractivity contribution >= 4 is 23.2 Å². The number of carbonyl (C=O) groups is 2. The van der Waals surface area contributed by atoms with Crippen molar-refractivity contribution < 1.29 is 9.59 Å². The highest BCUT2D eigenvalue weighted by molar-refractivity contribution is 7.12. The molecule has 2 aromatic heterocycles. The number of nitrogens with one attached hydrogen (secondary N) is 1. The summed E-state index contributed by atoms with van der Waals surface area (Å²) < 4.78 is 0. The molecule has 0 unspecified atom stereocenters. The largest absolute Gasteiger partial charge is 0.352 e. The summed E-state index contributed by atoms with van der Waals surface area (Å²) in [4.78, 5) is 35.7. The van der Waals surface area contributed by atoms with Gasteiger partial charge >= 0.3 is 0 Å². The predicted octanol–water partition coefficient (Wildman–Crippen LogP) is 2.77. The Balaban J connectivity index is 1.90. The van der Waals surface area contributed by atoms with Crippen molar-refractivity contribution in [3.63, 3.8) is 0 Å². The van der Waals surface area contributed by atoms with E-state index in [-0.39, 0.29) is 17.9 Å². The molecule has 1 N–H and O–H groups in total. The highest BCUT2D eigenvalue weighted by Crippen LogP contribution is 2.34. The van der Waals surface area contributed by atoms with Crippen LogP contribution in [0.4, 0.5) is 0 Å². The molecule has 1 fully saturated rings. The molecule has 0 saturated carbocycles. The van der Waals surface area contributed by atoms with Crippen molar-refractivity contribution in [1.82, 2.24) is 20.2 Å². The molecule has 7 heteroatoms. The maximum atomic E-state index is 12.9. The molecule has 0 aromatic carbocycles. The third-order valence-electron chi connectivity index (χ3n) is 4.32. The zero-order valence-electron chi connectivity index (χ0n) is 14.7. The lowest BCUT2D eigenvalue weighted by Crippen LogP contribution is -2.32. The Morgan fingerprint density at radius 3 is 2.88 bits per heavy atom. The maximum Gasteiger partial charge on any atom is 0.264 e. The van der Waals surface area contributed by atoms with Gasteiger partial charge < -0.3 is 10.2 Å². The summed E-state index contributed by atoms with van der Waals surface area (Å²) in [5, 5.41) is 4.80. The second-order valence-corrected chi connectivity index (χ2v) is 7.29. The zero-order valence-corrected chi connectivity index (χ0v) is 15.5. The van der Waals surface area contributed by atoms with Crippen LogP contribution in [-0.4, -0.2) is 33.2 Å². The number of carbonyl (C=O) groups excluding carboxylic acids is 2. The number of thiophene rings is 1. The second-order valence-electron chi connectivity index (χ2n) is 6.38. The van der Waals surface area contributed by atoms with Gasteiger partial charge in [-0.1, -0.05) is 0 Å². The SMILES string of the molecule is CC(=O)NCc1cnc(C)nc1[C@@H]1CCCN1C(=O)c1cc(C)cs1. The minimum Gasteiger partial charge on any atom is -0.352 e. The van der Waals surface area contributed by atoms with Crippen LogP contribution in [0.2, 0.25) is 0 Å². The minimum absolute atomic E-state index is 0.0577. The minimum atomic E-state index is -0.0973. The average Bonchev–Trinajstić information content (AvgIpc) is 3.21. The molecule has 2 aromatic rings. The standard InChI is InChI=1S/C18H22N4O2S/c1-11-7-16(25-10-11)18(24)22-6-4-5-15(22)17-14(9-20-13(3)23)8-19-12(2)21-17/h7-8,10,15H,4-6,9H2,1-3H3,(H,20,23)/t15-/m0/s1. The lowest BCUT2D eigenvalue weighted by Gasteiger charge is -2.25. The van der Waals surface area contributed by atoms with E-state index in [9.17, 15) is 9.59 Å². The molecule has 6 nitrogen and oxygen atoms in total. The Kier molecular flexibility index (Phi) is 5.13. The molecule has 3 rings (SSSR count). The first kappa shape index (κ1) is 17.5. The number of hydrogen-bond acceptors (Lipinski definition) is 5. The fraction of sp³-hybridized carbons (Fsp3) is 0.444. The number of nitrogens with zero attached hydrogens (tertiary/aromatic N) is 3. The Morgan fingerprint density at radius 2 is 2.20 bits per heavy atom. The van der Waals surface area contributed by atoms with Gasteiger partial charge in [-0.3, -0.25) is 9.59 Å². The summed E-state index contributed by atoms with van der Waals surface area (Å²) in [6.07, 6.45) is 3.58. The van der Waals surface area contributed by atoms with Gasteiger partial charge in [-0.05, 0) is 43.7 Å². The van der Waals surface area contributed by atoms with E-state index >= 15 is 0 Å². The fourth-order valence-corrected chi connectivity index (χ4v) is 3.99. The van der Waals surface area contributed by atoms with E-state index in [1.807, 2.05) is 30.2 Å². The van der Waals surface area contributed by atoms with Crippen LogP contribution in [0.5, 0.6) is 0 Å². The number of amides is 2. The molecule has 0 bridgehead atoms. The van der Waals surface area contributed by atoms with E-state index in [0.29, 0.717) is 12.4 Å². The first-order valence-corrected chi connectivity index (χ1v) is 9.26. The van der Waals surface area contributed by atoms with Gasteiger partial charge in [-0.2, -0.15) is 0 Å². The summed E-state index contributed by atoms with van der Waals surface area (Å²) in [6, 6.07) is 1.87. The monoisotopic (exact) mass is 358 g/mol. The number of aromatic nitrogens is 2. The van der Waals surface area contributed by atoms with Crippen LogP contribution < -0.4 is 5.32 Å². The Labute approximate surface area is 151 Å². The van der Waals surface area contributed by atoms with Gasteiger partial charge in [0.05, 0.1) is 16.6 Å². The quantitative estimate of drug-likeness (QED) is 0.912. The third-order valence-corrected chi connectivity index (χ3v) is 5.35. The third kappa shape index (κ3) is 3.87. The first-order valence-electron chi connectivity index (χ1n) is 8.38. The first-order chi connectivity index (χ1) is 12.0. The summed E-state index contributed by atoms with van der Waals surface area (Å²) in [5.74, 6) is 0.634. The van der Waals surface area contributed by atoms with Gasteiger partial charge in [0, 0.05) is 31.8 Å². The number of likely N-dealkylation sites (tertiary alicyclic amines) is 1. The molecule has 0 aliphatic carbocycles. The lowest BCUT2D eigenvalue weighted by atomic mass is 10.1. The smallest absolute Gasteiger partial charge is 0.264 e. The van der Waals surface area contributed by atoms with Crippen LogP contribution in [0.3, 0.4) is 0 Å². The summed E-state index contributed by atoms with van der Waals surface area (Å²) in [6.45, 7) is 6.42. The van der Waals surface area contributed by atoms with Crippen LogP contribution in [0, 0.1) is 13.8 Å². The van der Waals surface area contributed by atoms with Crippen LogP contribution in [0.1, 0.15) is 58.1 Å². The number of aryl methyl sites for hydroxylation is 2. The van der Waals surface area contributed by atoms with E-state index in [4.69, 9.17) is 0 Å². The van der Waals surface area contributed by atoms with Crippen LogP contribution >= 0.6 is 11.3 Å². The van der Waals surface area contributed by atoms with Crippen molar-refractivity contribution in [2.24, 2.45) is 0 Å². The number of hydrogen-bond donors (Lipinski definition) is 1. The van der Waals surface area contributed by atoms with Crippen molar-refractivity contribution in [1.29, 1.82) is 0 Å². The van der Waals surface area contributed by atoms with Gasteiger partial charge in [0.1, 0.15) is 5.82 Å². The molecule has 2 amide bonds. The Hall–Kier alpha value is -2.28. The van der Waals surface area contributed by atoms with E-state index < -0.39 is 0 Å². The van der Waals surface area contributed by atoms with E-state index in [2.05, 4.69) is 15.3 Å². The molecular formula is C18H22N4O2S. The molecule has 1 saturated heterocycles. The number of rotatable bonds is 4. The van der Waals surface area contributed by atoms with Crippen molar-refractivity contribution in [2.75, 3.05) is 6.54 Å². The van der Waals surface area contributed by atoms with Gasteiger partial charge in [-0.25, -0.2) is 9.97 Å². The van der Waals surface area contributed by atoms with E-state index in [0.717, 1.165) is 41.1 Å². The average molecular weight is 358 g/mol. The molecule has 1 atom stereocenters. The Morgan fingerprint density at radius 1 is 1.40 bits per heavy atom. The normalized spacial score (nSPS) is 16.9.